The lowest BCUT2D eigenvalue weighted by Gasteiger charge is -2.25. The summed E-state index contributed by atoms with van der Waals surface area (Å²) in [5.74, 6) is 1.50. The lowest BCUT2D eigenvalue weighted by molar-refractivity contribution is 0.0600. The van der Waals surface area contributed by atoms with E-state index in [0.717, 1.165) is 56.5 Å². The van der Waals surface area contributed by atoms with Crippen molar-refractivity contribution in [1.82, 2.24) is 9.97 Å². The first-order chi connectivity index (χ1) is 16.0. The van der Waals surface area contributed by atoms with Crippen molar-refractivity contribution in [3.8, 4) is 0 Å². The van der Waals surface area contributed by atoms with Crippen LogP contribution in [0.3, 0.4) is 0 Å². The third-order valence-corrected chi connectivity index (χ3v) is 7.69. The van der Waals surface area contributed by atoms with E-state index in [9.17, 15) is 14.1 Å². The first kappa shape index (κ1) is 23.6. The van der Waals surface area contributed by atoms with Gasteiger partial charge >= 0.3 is 5.97 Å². The highest BCUT2D eigenvalue weighted by molar-refractivity contribution is 7.85. The topological polar surface area (TPSA) is 105 Å². The minimum Gasteiger partial charge on any atom is -0.465 e. The summed E-state index contributed by atoms with van der Waals surface area (Å²) in [6.45, 7) is 3.74. The molecule has 2 heterocycles. The lowest BCUT2D eigenvalue weighted by atomic mass is 10.1. The van der Waals surface area contributed by atoms with E-state index in [2.05, 4.69) is 17.1 Å². The first-order valence-corrected chi connectivity index (χ1v) is 12.9. The third kappa shape index (κ3) is 5.35. The summed E-state index contributed by atoms with van der Waals surface area (Å²) >= 11 is 0. The minimum atomic E-state index is -1.11. The summed E-state index contributed by atoms with van der Waals surface area (Å²) in [6, 6.07) is 7.53. The van der Waals surface area contributed by atoms with Crippen molar-refractivity contribution in [3.63, 3.8) is 0 Å². The molecule has 2 aromatic rings. The highest BCUT2D eigenvalue weighted by Crippen LogP contribution is 2.40. The number of hydrogen-bond acceptors (Lipinski definition) is 8. The molecule has 33 heavy (non-hydrogen) atoms. The van der Waals surface area contributed by atoms with Crippen LogP contribution in [0.25, 0.3) is 0 Å². The Hall–Kier alpha value is -2.52. The Kier molecular flexibility index (Phi) is 7.29. The molecule has 0 bridgehead atoms. The number of ether oxygens (including phenoxy) is 1. The van der Waals surface area contributed by atoms with Gasteiger partial charge in [0, 0.05) is 25.3 Å². The molecule has 8 nitrogen and oxygen atoms in total. The average Bonchev–Trinajstić information content (AvgIpc) is 3.51. The van der Waals surface area contributed by atoms with Crippen molar-refractivity contribution in [1.29, 1.82) is 0 Å². The second-order valence-electron chi connectivity index (χ2n) is 8.79. The first-order valence-electron chi connectivity index (χ1n) is 11.6. The number of nitrogens with one attached hydrogen (secondary N) is 1. The summed E-state index contributed by atoms with van der Waals surface area (Å²) in [4.78, 5) is 24.3. The van der Waals surface area contributed by atoms with E-state index >= 15 is 0 Å². The maximum Gasteiger partial charge on any atom is 0.337 e. The number of aliphatic hydroxyl groups is 1. The number of benzene rings is 1. The maximum atomic E-state index is 12.6. The molecule has 9 heteroatoms. The van der Waals surface area contributed by atoms with Crippen LogP contribution in [0.4, 0.5) is 11.8 Å². The number of rotatable bonds is 11. The second kappa shape index (κ2) is 10.2. The van der Waals surface area contributed by atoms with E-state index in [1.54, 1.807) is 6.07 Å². The monoisotopic (exact) mass is 472 g/mol. The number of carbonyl (C=O) groups excluding carboxylic acids is 1. The van der Waals surface area contributed by atoms with Crippen molar-refractivity contribution in [2.45, 2.75) is 55.9 Å². The van der Waals surface area contributed by atoms with Crippen LogP contribution in [0.1, 0.15) is 54.2 Å². The smallest absolute Gasteiger partial charge is 0.337 e. The maximum absolute atomic E-state index is 12.6. The molecule has 2 aliphatic rings. The van der Waals surface area contributed by atoms with Crippen molar-refractivity contribution in [2.24, 2.45) is 0 Å². The van der Waals surface area contributed by atoms with E-state index in [1.807, 2.05) is 18.2 Å². The molecule has 4 rings (SSSR count). The van der Waals surface area contributed by atoms with Gasteiger partial charge in [0.25, 0.3) is 0 Å². The number of esters is 1. The van der Waals surface area contributed by atoms with Crippen LogP contribution in [0.2, 0.25) is 0 Å². The largest absolute Gasteiger partial charge is 0.465 e. The van der Waals surface area contributed by atoms with Crippen LogP contribution in [0.15, 0.2) is 29.2 Å². The van der Waals surface area contributed by atoms with Gasteiger partial charge in [0.05, 0.1) is 41.3 Å². The van der Waals surface area contributed by atoms with Gasteiger partial charge in [-0.2, -0.15) is 4.98 Å². The van der Waals surface area contributed by atoms with E-state index in [0.29, 0.717) is 34.4 Å². The van der Waals surface area contributed by atoms with Crippen LogP contribution < -0.4 is 10.2 Å². The SMILES string of the molecule is CCCN(CCCc1cccc(C(=O)OC)c1)c1nc2c(c(NC3(CO)CC3)n1)S(=O)CC2. The molecular weight excluding hydrogens is 440 g/mol. The number of aliphatic hydroxyl groups excluding tert-OH is 1. The molecule has 0 amide bonds. The molecule has 0 radical (unpaired) electrons. The predicted molar refractivity (Wildman–Crippen MR) is 128 cm³/mol. The fraction of sp³-hybridized carbons (Fsp3) is 0.542. The number of aromatic nitrogens is 2. The van der Waals surface area contributed by atoms with Gasteiger partial charge in [-0.25, -0.2) is 9.78 Å². The Morgan fingerprint density at radius 3 is 2.82 bits per heavy atom. The van der Waals surface area contributed by atoms with Crippen LogP contribution in [-0.4, -0.2) is 63.4 Å². The zero-order valence-electron chi connectivity index (χ0n) is 19.3. The summed E-state index contributed by atoms with van der Waals surface area (Å²) in [6.07, 6.45) is 5.09. The fourth-order valence-electron chi connectivity index (χ4n) is 4.16. The van der Waals surface area contributed by atoms with E-state index in [4.69, 9.17) is 14.7 Å². The van der Waals surface area contributed by atoms with Crippen molar-refractivity contribution >= 4 is 28.5 Å². The number of carbonyl (C=O) groups is 1. The predicted octanol–water partition coefficient (Wildman–Crippen LogP) is 2.71. The molecule has 1 atom stereocenters. The Morgan fingerprint density at radius 1 is 1.30 bits per heavy atom. The molecule has 1 aromatic heterocycles. The molecule has 178 valence electrons. The molecule has 1 aromatic carbocycles. The number of methoxy groups -OCH3 is 1. The average molecular weight is 473 g/mol. The molecule has 0 spiro atoms. The van der Waals surface area contributed by atoms with E-state index in [1.165, 1.54) is 7.11 Å². The molecular formula is C24H32N4O4S. The molecule has 0 saturated heterocycles. The highest BCUT2D eigenvalue weighted by Gasteiger charge is 2.44. The normalized spacial score (nSPS) is 18.0. The molecule has 1 fully saturated rings. The number of hydrogen-bond donors (Lipinski definition) is 2. The minimum absolute atomic E-state index is 0.0387. The van der Waals surface area contributed by atoms with Gasteiger partial charge in [0.15, 0.2) is 0 Å². The zero-order valence-corrected chi connectivity index (χ0v) is 20.1. The van der Waals surface area contributed by atoms with Gasteiger partial charge in [-0.3, -0.25) is 4.21 Å². The van der Waals surface area contributed by atoms with Crippen molar-refractivity contribution in [3.05, 3.63) is 41.1 Å². The zero-order chi connectivity index (χ0) is 23.4. The third-order valence-electron chi connectivity index (χ3n) is 6.23. The van der Waals surface area contributed by atoms with Gasteiger partial charge in [0.1, 0.15) is 10.7 Å². The molecule has 1 saturated carbocycles. The lowest BCUT2D eigenvalue weighted by Crippen LogP contribution is -2.30. The molecule has 1 aliphatic carbocycles. The summed E-state index contributed by atoms with van der Waals surface area (Å²) in [5.41, 5.74) is 2.15. The van der Waals surface area contributed by atoms with Gasteiger partial charge < -0.3 is 20.1 Å². The molecule has 1 aliphatic heterocycles. The summed E-state index contributed by atoms with van der Waals surface area (Å²) in [7, 11) is 0.281. The molecule has 2 N–H and O–H groups in total. The summed E-state index contributed by atoms with van der Waals surface area (Å²) in [5, 5.41) is 13.2. The van der Waals surface area contributed by atoms with Gasteiger partial charge in [0.2, 0.25) is 5.95 Å². The van der Waals surface area contributed by atoms with Crippen molar-refractivity contribution < 1.29 is 18.8 Å². The van der Waals surface area contributed by atoms with E-state index in [-0.39, 0.29) is 18.1 Å². The fourth-order valence-corrected chi connectivity index (χ4v) is 5.47. The Bertz CT molecular complexity index is 1040. The number of anilines is 2. The molecule has 1 unspecified atom stereocenters. The van der Waals surface area contributed by atoms with Gasteiger partial charge in [-0.1, -0.05) is 19.1 Å². The van der Waals surface area contributed by atoms with Gasteiger partial charge in [-0.15, -0.1) is 0 Å². The summed E-state index contributed by atoms with van der Waals surface area (Å²) < 4.78 is 17.4. The van der Waals surface area contributed by atoms with Crippen LogP contribution >= 0.6 is 0 Å². The van der Waals surface area contributed by atoms with Crippen LogP contribution in [0.5, 0.6) is 0 Å². The Balaban J connectivity index is 1.51. The van der Waals surface area contributed by atoms with Crippen LogP contribution in [0, 0.1) is 0 Å². The van der Waals surface area contributed by atoms with Crippen molar-refractivity contribution in [2.75, 3.05) is 42.8 Å². The second-order valence-corrected chi connectivity index (χ2v) is 10.3. The quantitative estimate of drug-likeness (QED) is 0.481. The highest BCUT2D eigenvalue weighted by atomic mass is 32.2. The Labute approximate surface area is 197 Å². The number of aryl methyl sites for hydroxylation is 2. The standard InChI is InChI=1S/C24H32N4O4S/c1-3-12-28(13-5-7-17-6-4-8-18(15-17)22(30)32-2)23-25-19-9-14-33(31)20(19)21(26-23)27-24(16-29)10-11-24/h4,6,8,15,29H,3,5,7,9-14,16H2,1-2H3,(H,25,26,27). The van der Waals surface area contributed by atoms with E-state index < -0.39 is 10.8 Å². The van der Waals surface area contributed by atoms with Crippen LogP contribution in [-0.2, 0) is 28.4 Å². The van der Waals surface area contributed by atoms with Gasteiger partial charge in [-0.05, 0) is 49.8 Å². The number of fused-ring (bicyclic) bond motifs is 1. The Morgan fingerprint density at radius 2 is 2.12 bits per heavy atom. The number of nitrogens with zero attached hydrogens (tertiary/aromatic N) is 3.